The third-order valence-corrected chi connectivity index (χ3v) is 5.41. The quantitative estimate of drug-likeness (QED) is 0.586. The Labute approximate surface area is 145 Å². The molecule has 0 aliphatic carbocycles. The van der Waals surface area contributed by atoms with E-state index in [9.17, 15) is 4.79 Å². The summed E-state index contributed by atoms with van der Waals surface area (Å²) in [6.45, 7) is 6.83. The van der Waals surface area contributed by atoms with Crippen molar-refractivity contribution < 1.29 is 9.53 Å². The van der Waals surface area contributed by atoms with Gasteiger partial charge in [0, 0.05) is 13.1 Å². The lowest BCUT2D eigenvalue weighted by Gasteiger charge is -2.52. The van der Waals surface area contributed by atoms with E-state index < -0.39 is 5.72 Å². The molecule has 2 aliphatic heterocycles. The van der Waals surface area contributed by atoms with E-state index in [-0.39, 0.29) is 11.9 Å². The van der Waals surface area contributed by atoms with E-state index in [0.717, 1.165) is 38.9 Å². The number of unbranched alkanes of at least 4 members (excludes halogenated alkanes) is 2. The molecule has 4 heteroatoms. The Morgan fingerprint density at radius 3 is 2.92 bits per heavy atom. The zero-order valence-electron chi connectivity index (χ0n) is 15.0. The van der Waals surface area contributed by atoms with Gasteiger partial charge in [0.15, 0.2) is 5.72 Å². The Morgan fingerprint density at radius 2 is 2.17 bits per heavy atom. The molecule has 1 unspecified atom stereocenters. The van der Waals surface area contributed by atoms with Crippen LogP contribution < -0.4 is 5.32 Å². The lowest BCUT2D eigenvalue weighted by Crippen LogP contribution is -2.73. The first-order chi connectivity index (χ1) is 11.6. The molecule has 0 radical (unpaired) electrons. The first kappa shape index (κ1) is 17.4. The molecule has 2 heterocycles. The Morgan fingerprint density at radius 1 is 1.38 bits per heavy atom. The highest BCUT2D eigenvalue weighted by Gasteiger charge is 2.58. The normalized spacial score (nSPS) is 27.3. The summed E-state index contributed by atoms with van der Waals surface area (Å²) < 4.78 is 5.97. The number of rotatable bonds is 8. The number of esters is 1. The summed E-state index contributed by atoms with van der Waals surface area (Å²) in [5.41, 5.74) is 0.877. The highest BCUT2D eigenvalue weighted by Crippen LogP contribution is 2.38. The Hall–Kier alpha value is -1.39. The molecule has 132 valence electrons. The molecule has 2 saturated heterocycles. The number of fused-ring (bicyclic) bond motifs is 1. The van der Waals surface area contributed by atoms with E-state index in [4.69, 9.17) is 4.74 Å². The van der Waals surface area contributed by atoms with Crippen molar-refractivity contribution in [3.8, 4) is 0 Å². The van der Waals surface area contributed by atoms with Gasteiger partial charge >= 0.3 is 5.97 Å². The van der Waals surface area contributed by atoms with Gasteiger partial charge in [-0.15, -0.1) is 0 Å². The molecule has 1 aromatic carbocycles. The van der Waals surface area contributed by atoms with Gasteiger partial charge in [-0.05, 0) is 18.4 Å². The summed E-state index contributed by atoms with van der Waals surface area (Å²) in [6, 6.07) is 10.8. The number of likely N-dealkylation sites (tertiary alicyclic amines) is 1. The minimum Gasteiger partial charge on any atom is -0.441 e. The third-order valence-electron chi connectivity index (χ3n) is 5.41. The summed E-state index contributed by atoms with van der Waals surface area (Å²) >= 11 is 0. The topological polar surface area (TPSA) is 41.6 Å². The molecule has 2 aliphatic rings. The lowest BCUT2D eigenvalue weighted by atomic mass is 9.91. The van der Waals surface area contributed by atoms with Crippen molar-refractivity contribution >= 4 is 5.97 Å². The number of hydrogen-bond donors (Lipinski definition) is 1. The Bertz CT molecular complexity index is 548. The van der Waals surface area contributed by atoms with Crippen LogP contribution in [0.4, 0.5) is 0 Å². The molecular formula is C20H30N2O2. The molecule has 0 saturated carbocycles. The number of carbonyl (C=O) groups is 1. The van der Waals surface area contributed by atoms with Crippen LogP contribution in [0.1, 0.15) is 51.5 Å². The highest BCUT2D eigenvalue weighted by atomic mass is 16.6. The average Bonchev–Trinajstić information content (AvgIpc) is 2.90. The summed E-state index contributed by atoms with van der Waals surface area (Å²) in [7, 11) is 0. The SMILES string of the molecule is CCCCCC(C)C(=O)O[C@]12CN(Cc3ccccc3)[C@@H]1CCN2. The summed E-state index contributed by atoms with van der Waals surface area (Å²) in [4.78, 5) is 14.9. The van der Waals surface area contributed by atoms with Crippen LogP contribution in [0.5, 0.6) is 0 Å². The van der Waals surface area contributed by atoms with Crippen LogP contribution in [0.2, 0.25) is 0 Å². The molecule has 1 N–H and O–H groups in total. The van der Waals surface area contributed by atoms with Crippen LogP contribution in [0, 0.1) is 5.92 Å². The van der Waals surface area contributed by atoms with E-state index >= 15 is 0 Å². The van der Waals surface area contributed by atoms with Gasteiger partial charge in [-0.3, -0.25) is 15.0 Å². The van der Waals surface area contributed by atoms with Gasteiger partial charge in [0.05, 0.1) is 18.5 Å². The molecule has 2 fully saturated rings. The minimum absolute atomic E-state index is 0.00264. The molecule has 0 bridgehead atoms. The molecule has 3 rings (SSSR count). The fourth-order valence-corrected chi connectivity index (χ4v) is 3.93. The molecule has 0 spiro atoms. The summed E-state index contributed by atoms with van der Waals surface area (Å²) in [5, 5.41) is 3.45. The monoisotopic (exact) mass is 330 g/mol. The van der Waals surface area contributed by atoms with Crippen molar-refractivity contribution in [1.29, 1.82) is 0 Å². The van der Waals surface area contributed by atoms with E-state index in [1.807, 2.05) is 13.0 Å². The van der Waals surface area contributed by atoms with Crippen molar-refractivity contribution in [2.45, 2.75) is 64.3 Å². The van der Waals surface area contributed by atoms with Gasteiger partial charge in [-0.25, -0.2) is 0 Å². The number of ether oxygens (including phenoxy) is 1. The van der Waals surface area contributed by atoms with E-state index in [2.05, 4.69) is 41.4 Å². The maximum atomic E-state index is 12.5. The molecule has 3 atom stereocenters. The van der Waals surface area contributed by atoms with Crippen molar-refractivity contribution in [2.75, 3.05) is 13.1 Å². The van der Waals surface area contributed by atoms with Crippen LogP contribution in [-0.2, 0) is 16.1 Å². The second kappa shape index (κ2) is 7.66. The number of hydrogen-bond acceptors (Lipinski definition) is 4. The lowest BCUT2D eigenvalue weighted by molar-refractivity contribution is -0.204. The summed E-state index contributed by atoms with van der Waals surface area (Å²) in [5.74, 6) is -0.0398. The standard InChI is InChI=1S/C20H30N2O2/c1-3-4-6-9-16(2)19(23)24-20-15-22(18(20)12-13-21-20)14-17-10-7-5-8-11-17/h5,7-8,10-11,16,18,21H,3-4,6,9,12-15H2,1-2H3/t16?,18-,20-/m1/s1. The van der Waals surface area contributed by atoms with Crippen LogP contribution in [0.3, 0.4) is 0 Å². The van der Waals surface area contributed by atoms with E-state index in [0.29, 0.717) is 6.04 Å². The molecule has 0 aromatic heterocycles. The third kappa shape index (κ3) is 3.65. The van der Waals surface area contributed by atoms with Crippen molar-refractivity contribution in [3.63, 3.8) is 0 Å². The zero-order valence-corrected chi connectivity index (χ0v) is 15.0. The van der Waals surface area contributed by atoms with Gasteiger partial charge in [-0.1, -0.05) is 63.4 Å². The van der Waals surface area contributed by atoms with E-state index in [1.165, 1.54) is 18.4 Å². The molecule has 1 aromatic rings. The summed E-state index contributed by atoms with van der Waals surface area (Å²) in [6.07, 6.45) is 5.46. The maximum Gasteiger partial charge on any atom is 0.310 e. The van der Waals surface area contributed by atoms with Crippen molar-refractivity contribution in [3.05, 3.63) is 35.9 Å². The van der Waals surface area contributed by atoms with Crippen LogP contribution in [-0.4, -0.2) is 35.7 Å². The van der Waals surface area contributed by atoms with Crippen LogP contribution in [0.25, 0.3) is 0 Å². The number of carbonyl (C=O) groups excluding carboxylic acids is 1. The smallest absolute Gasteiger partial charge is 0.310 e. The second-order valence-electron chi connectivity index (χ2n) is 7.33. The predicted octanol–water partition coefficient (Wildman–Crippen LogP) is 3.32. The first-order valence-corrected chi connectivity index (χ1v) is 9.40. The number of benzene rings is 1. The number of nitrogens with zero attached hydrogens (tertiary/aromatic N) is 1. The van der Waals surface area contributed by atoms with Gasteiger partial charge in [-0.2, -0.15) is 0 Å². The van der Waals surface area contributed by atoms with Crippen molar-refractivity contribution in [1.82, 2.24) is 10.2 Å². The molecule has 0 amide bonds. The largest absolute Gasteiger partial charge is 0.441 e. The zero-order chi connectivity index (χ0) is 17.0. The molecular weight excluding hydrogens is 300 g/mol. The van der Waals surface area contributed by atoms with Gasteiger partial charge in [0.2, 0.25) is 0 Å². The maximum absolute atomic E-state index is 12.5. The second-order valence-corrected chi connectivity index (χ2v) is 7.33. The predicted molar refractivity (Wildman–Crippen MR) is 95.4 cm³/mol. The van der Waals surface area contributed by atoms with Crippen LogP contribution >= 0.6 is 0 Å². The molecule has 24 heavy (non-hydrogen) atoms. The fourth-order valence-electron chi connectivity index (χ4n) is 3.93. The molecule has 4 nitrogen and oxygen atoms in total. The van der Waals surface area contributed by atoms with Crippen molar-refractivity contribution in [2.24, 2.45) is 5.92 Å². The van der Waals surface area contributed by atoms with Gasteiger partial charge in [0.1, 0.15) is 0 Å². The van der Waals surface area contributed by atoms with Crippen LogP contribution in [0.15, 0.2) is 30.3 Å². The Balaban J connectivity index is 1.53. The van der Waals surface area contributed by atoms with Gasteiger partial charge in [0.25, 0.3) is 0 Å². The van der Waals surface area contributed by atoms with E-state index in [1.54, 1.807) is 0 Å². The fraction of sp³-hybridized carbons (Fsp3) is 0.650. The average molecular weight is 330 g/mol. The Kier molecular flexibility index (Phi) is 5.57. The highest BCUT2D eigenvalue weighted by molar-refractivity contribution is 5.72. The minimum atomic E-state index is -0.440. The van der Waals surface area contributed by atoms with Gasteiger partial charge < -0.3 is 4.74 Å². The first-order valence-electron chi connectivity index (χ1n) is 9.40. The number of nitrogens with one attached hydrogen (secondary N) is 1.